The number of aromatic nitrogens is 2. The molecule has 0 unspecified atom stereocenters. The molecule has 4 nitrogen and oxygen atoms in total. The maximum atomic E-state index is 11.4. The molecule has 1 aromatic carbocycles. The highest BCUT2D eigenvalue weighted by atomic mass is 16.1. The second-order valence-electron chi connectivity index (χ2n) is 2.81. The highest BCUT2D eigenvalue weighted by Crippen LogP contribution is 2.07. The summed E-state index contributed by atoms with van der Waals surface area (Å²) in [4.78, 5) is 15.1. The van der Waals surface area contributed by atoms with Gasteiger partial charge in [0.25, 0.3) is 5.56 Å². The maximum absolute atomic E-state index is 11.4. The lowest BCUT2D eigenvalue weighted by atomic mass is 10.3. The van der Waals surface area contributed by atoms with Crippen LogP contribution in [-0.2, 0) is 0 Å². The van der Waals surface area contributed by atoms with Crippen molar-refractivity contribution >= 4 is 12.5 Å². The summed E-state index contributed by atoms with van der Waals surface area (Å²) >= 11 is 0. The van der Waals surface area contributed by atoms with Crippen LogP contribution >= 0.6 is 0 Å². The number of nitrogens with one attached hydrogen (secondary N) is 1. The summed E-state index contributed by atoms with van der Waals surface area (Å²) in [6.45, 7) is 3.35. The van der Waals surface area contributed by atoms with Gasteiger partial charge in [-0.2, -0.15) is 0 Å². The molecule has 70 valence electrons. The van der Waals surface area contributed by atoms with Gasteiger partial charge in [0.1, 0.15) is 5.82 Å². The molecule has 0 aliphatic carbocycles. The number of benzene rings is 1. The molecule has 2 rings (SSSR count). The third-order valence-electron chi connectivity index (χ3n) is 1.89. The molecule has 0 bridgehead atoms. The molecule has 1 aromatic heterocycles. The Hall–Kier alpha value is -2.10. The quantitative estimate of drug-likeness (QED) is 0.711. The van der Waals surface area contributed by atoms with Crippen LogP contribution in [0, 0.1) is 0 Å². The van der Waals surface area contributed by atoms with Crippen molar-refractivity contribution in [1.82, 2.24) is 9.78 Å². The van der Waals surface area contributed by atoms with Crippen molar-refractivity contribution in [2.45, 2.75) is 0 Å². The van der Waals surface area contributed by atoms with E-state index in [-0.39, 0.29) is 5.56 Å². The smallest absolute Gasteiger partial charge is 0.273 e. The Bertz CT molecular complexity index is 496. The third-order valence-corrected chi connectivity index (χ3v) is 1.89. The molecule has 0 aliphatic heterocycles. The fourth-order valence-corrected chi connectivity index (χ4v) is 1.23. The van der Waals surface area contributed by atoms with Gasteiger partial charge < -0.3 is 0 Å². The van der Waals surface area contributed by atoms with Gasteiger partial charge in [-0.05, 0) is 18.9 Å². The van der Waals surface area contributed by atoms with Gasteiger partial charge in [0.05, 0.1) is 5.69 Å². The molecule has 0 saturated carbocycles. The van der Waals surface area contributed by atoms with E-state index in [4.69, 9.17) is 0 Å². The lowest BCUT2D eigenvalue weighted by Gasteiger charge is -1.99. The zero-order chi connectivity index (χ0) is 9.97. The molecule has 4 heteroatoms. The van der Waals surface area contributed by atoms with Crippen molar-refractivity contribution in [3.63, 3.8) is 0 Å². The van der Waals surface area contributed by atoms with Gasteiger partial charge in [0, 0.05) is 6.07 Å². The SMILES string of the molecule is C=Nc1cc(=O)n(-c2ccccc2)[nH]1. The van der Waals surface area contributed by atoms with E-state index in [0.29, 0.717) is 5.82 Å². The van der Waals surface area contributed by atoms with Gasteiger partial charge in [-0.25, -0.2) is 9.67 Å². The monoisotopic (exact) mass is 187 g/mol. The highest BCUT2D eigenvalue weighted by molar-refractivity contribution is 5.40. The molecule has 2 aromatic rings. The first-order valence-electron chi connectivity index (χ1n) is 4.15. The lowest BCUT2D eigenvalue weighted by molar-refractivity contribution is 0.850. The summed E-state index contributed by atoms with van der Waals surface area (Å²) in [6, 6.07) is 10.7. The fourth-order valence-electron chi connectivity index (χ4n) is 1.23. The van der Waals surface area contributed by atoms with Gasteiger partial charge in [0.15, 0.2) is 0 Å². The highest BCUT2D eigenvalue weighted by Gasteiger charge is 2.01. The van der Waals surface area contributed by atoms with E-state index >= 15 is 0 Å². The van der Waals surface area contributed by atoms with Crippen LogP contribution in [0.3, 0.4) is 0 Å². The largest absolute Gasteiger partial charge is 0.274 e. The van der Waals surface area contributed by atoms with E-state index in [0.717, 1.165) is 5.69 Å². The first-order chi connectivity index (χ1) is 6.81. The van der Waals surface area contributed by atoms with Crippen LogP contribution in [0.15, 0.2) is 46.2 Å². The zero-order valence-electron chi connectivity index (χ0n) is 7.47. The first-order valence-corrected chi connectivity index (χ1v) is 4.15. The Morgan fingerprint density at radius 1 is 1.29 bits per heavy atom. The Kier molecular flexibility index (Phi) is 2.02. The lowest BCUT2D eigenvalue weighted by Crippen LogP contribution is -2.12. The third kappa shape index (κ3) is 1.37. The van der Waals surface area contributed by atoms with Crippen molar-refractivity contribution in [3.05, 3.63) is 46.8 Å². The molecule has 14 heavy (non-hydrogen) atoms. The first kappa shape index (κ1) is 8.50. The minimum Gasteiger partial charge on any atom is -0.274 e. The average molecular weight is 187 g/mol. The molecule has 0 spiro atoms. The number of aromatic amines is 1. The van der Waals surface area contributed by atoms with Gasteiger partial charge in [-0.3, -0.25) is 9.89 Å². The van der Waals surface area contributed by atoms with E-state index < -0.39 is 0 Å². The molecule has 0 saturated heterocycles. The van der Waals surface area contributed by atoms with Crippen LogP contribution in [-0.4, -0.2) is 16.5 Å². The Labute approximate surface area is 80.5 Å². The van der Waals surface area contributed by atoms with Crippen LogP contribution in [0.5, 0.6) is 0 Å². The number of nitrogens with zero attached hydrogens (tertiary/aromatic N) is 2. The van der Waals surface area contributed by atoms with Crippen molar-refractivity contribution < 1.29 is 0 Å². The van der Waals surface area contributed by atoms with Crippen LogP contribution in [0.1, 0.15) is 0 Å². The van der Waals surface area contributed by atoms with E-state index in [2.05, 4.69) is 16.8 Å². The van der Waals surface area contributed by atoms with Crippen LogP contribution in [0.25, 0.3) is 5.69 Å². The molecule has 0 amide bonds. The fraction of sp³-hybridized carbons (Fsp3) is 0. The summed E-state index contributed by atoms with van der Waals surface area (Å²) < 4.78 is 1.42. The minimum absolute atomic E-state index is 0.140. The predicted octanol–water partition coefficient (Wildman–Crippen LogP) is 1.50. The normalized spacial score (nSPS) is 10.0. The number of para-hydroxylation sites is 1. The Balaban J connectivity index is 2.57. The molecule has 1 N–H and O–H groups in total. The summed E-state index contributed by atoms with van der Waals surface area (Å²) in [7, 11) is 0. The van der Waals surface area contributed by atoms with Gasteiger partial charge in [-0.15, -0.1) is 0 Å². The molecular weight excluding hydrogens is 178 g/mol. The number of hydrogen-bond acceptors (Lipinski definition) is 2. The van der Waals surface area contributed by atoms with E-state index in [1.807, 2.05) is 30.3 Å². The second-order valence-corrected chi connectivity index (χ2v) is 2.81. The number of H-pyrrole nitrogens is 1. The molecule has 1 heterocycles. The summed E-state index contributed by atoms with van der Waals surface area (Å²) in [5.74, 6) is 0.471. The minimum atomic E-state index is -0.140. The van der Waals surface area contributed by atoms with Crippen LogP contribution in [0.2, 0.25) is 0 Å². The van der Waals surface area contributed by atoms with Crippen molar-refractivity contribution in [2.24, 2.45) is 4.99 Å². The Morgan fingerprint density at radius 3 is 2.57 bits per heavy atom. The maximum Gasteiger partial charge on any atom is 0.273 e. The number of aliphatic imine (C=N–C) groups is 1. The average Bonchev–Trinajstić information content (AvgIpc) is 2.61. The van der Waals surface area contributed by atoms with Gasteiger partial charge >= 0.3 is 0 Å². The Morgan fingerprint density at radius 2 is 2.00 bits per heavy atom. The molecule has 0 aliphatic rings. The summed E-state index contributed by atoms with van der Waals surface area (Å²) in [5, 5.41) is 2.82. The van der Waals surface area contributed by atoms with Gasteiger partial charge in [-0.1, -0.05) is 18.2 Å². The van der Waals surface area contributed by atoms with E-state index in [9.17, 15) is 4.79 Å². The molecule has 0 fully saturated rings. The number of rotatable bonds is 2. The molecule has 0 atom stereocenters. The summed E-state index contributed by atoms with van der Waals surface area (Å²) in [6.07, 6.45) is 0. The van der Waals surface area contributed by atoms with E-state index in [1.165, 1.54) is 10.7 Å². The second kappa shape index (κ2) is 3.33. The topological polar surface area (TPSA) is 50.1 Å². The molecule has 0 radical (unpaired) electrons. The summed E-state index contributed by atoms with van der Waals surface area (Å²) in [5.41, 5.74) is 0.644. The predicted molar refractivity (Wildman–Crippen MR) is 55.6 cm³/mol. The van der Waals surface area contributed by atoms with Crippen molar-refractivity contribution in [3.8, 4) is 5.69 Å². The van der Waals surface area contributed by atoms with Crippen molar-refractivity contribution in [1.29, 1.82) is 0 Å². The van der Waals surface area contributed by atoms with E-state index in [1.54, 1.807) is 0 Å². The zero-order valence-corrected chi connectivity index (χ0v) is 7.47. The number of hydrogen-bond donors (Lipinski definition) is 1. The molecular formula is C10H9N3O. The standard InChI is InChI=1S/C10H9N3O/c1-11-9-7-10(14)13(12-9)8-5-3-2-4-6-8/h2-7,12H,1H2. The van der Waals surface area contributed by atoms with Crippen LogP contribution < -0.4 is 5.56 Å². The van der Waals surface area contributed by atoms with Gasteiger partial charge in [0.2, 0.25) is 0 Å². The van der Waals surface area contributed by atoms with Crippen LogP contribution in [0.4, 0.5) is 5.82 Å². The van der Waals surface area contributed by atoms with Crippen molar-refractivity contribution in [2.75, 3.05) is 0 Å².